The summed E-state index contributed by atoms with van der Waals surface area (Å²) in [5.74, 6) is -0.843. The van der Waals surface area contributed by atoms with E-state index in [-0.39, 0.29) is 10.9 Å². The van der Waals surface area contributed by atoms with Crippen molar-refractivity contribution in [3.8, 4) is 0 Å². The Balaban J connectivity index is 2.15. The third kappa shape index (κ3) is 3.06. The fourth-order valence-corrected chi connectivity index (χ4v) is 2.46. The highest BCUT2D eigenvalue weighted by molar-refractivity contribution is 9.11. The maximum absolute atomic E-state index is 13.1. The zero-order valence-corrected chi connectivity index (χ0v) is 11.5. The van der Waals surface area contributed by atoms with E-state index in [0.717, 1.165) is 3.79 Å². The second-order valence-corrected chi connectivity index (χ2v) is 5.92. The van der Waals surface area contributed by atoms with Gasteiger partial charge in [-0.1, -0.05) is 11.6 Å². The summed E-state index contributed by atoms with van der Waals surface area (Å²) >= 11 is 10.2. The first-order chi connectivity index (χ1) is 8.06. The predicted octanol–water partition coefficient (Wildman–Crippen LogP) is 4.56. The minimum absolute atomic E-state index is 0.0290. The van der Waals surface area contributed by atoms with Gasteiger partial charge in [-0.3, -0.25) is 4.79 Å². The van der Waals surface area contributed by atoms with E-state index in [0.29, 0.717) is 11.3 Å². The lowest BCUT2D eigenvalue weighted by molar-refractivity contribution is 0.102. The Bertz CT molecular complexity index is 572. The Morgan fingerprint density at radius 1 is 1.41 bits per heavy atom. The van der Waals surface area contributed by atoms with Gasteiger partial charge < -0.3 is 5.32 Å². The number of benzene rings is 1. The third-order valence-corrected chi connectivity index (χ3v) is 3.82. The Hall–Kier alpha value is -0.910. The molecule has 1 aromatic carbocycles. The molecule has 0 saturated carbocycles. The molecule has 0 radical (unpaired) electrons. The first kappa shape index (κ1) is 12.5. The van der Waals surface area contributed by atoms with Crippen LogP contribution in [0.25, 0.3) is 0 Å². The zero-order chi connectivity index (χ0) is 12.4. The number of carbonyl (C=O) groups excluding carboxylic acids is 1. The number of hydrogen-bond donors (Lipinski definition) is 1. The Labute approximate surface area is 115 Å². The van der Waals surface area contributed by atoms with E-state index in [2.05, 4.69) is 21.2 Å². The van der Waals surface area contributed by atoms with Crippen LogP contribution < -0.4 is 5.32 Å². The molecule has 1 amide bonds. The van der Waals surface area contributed by atoms with E-state index >= 15 is 0 Å². The maximum Gasteiger partial charge on any atom is 0.256 e. The first-order valence-corrected chi connectivity index (χ1v) is 6.62. The normalized spacial score (nSPS) is 10.3. The lowest BCUT2D eigenvalue weighted by Crippen LogP contribution is -2.10. The van der Waals surface area contributed by atoms with Crippen molar-refractivity contribution in [2.45, 2.75) is 0 Å². The summed E-state index contributed by atoms with van der Waals surface area (Å²) in [6, 6.07) is 5.83. The van der Waals surface area contributed by atoms with Crippen molar-refractivity contribution in [1.82, 2.24) is 0 Å². The van der Waals surface area contributed by atoms with Crippen LogP contribution >= 0.6 is 38.9 Å². The summed E-state index contributed by atoms with van der Waals surface area (Å²) < 4.78 is 14.0. The number of thiophene rings is 1. The van der Waals surface area contributed by atoms with Crippen LogP contribution in [0.3, 0.4) is 0 Å². The fraction of sp³-hybridized carbons (Fsp3) is 0. The number of halogens is 3. The summed E-state index contributed by atoms with van der Waals surface area (Å²) in [5.41, 5.74) is 0.899. The van der Waals surface area contributed by atoms with Crippen molar-refractivity contribution in [2.75, 3.05) is 5.32 Å². The fourth-order valence-electron chi connectivity index (χ4n) is 1.21. The average Bonchev–Trinajstić information content (AvgIpc) is 2.70. The van der Waals surface area contributed by atoms with Crippen LogP contribution in [-0.2, 0) is 0 Å². The molecule has 0 saturated heterocycles. The second-order valence-electron chi connectivity index (χ2n) is 3.22. The highest BCUT2D eigenvalue weighted by Crippen LogP contribution is 2.23. The molecule has 2 rings (SSSR count). The number of amides is 1. The second kappa shape index (κ2) is 5.16. The van der Waals surface area contributed by atoms with Gasteiger partial charge in [0.15, 0.2) is 0 Å². The number of hydrogen-bond acceptors (Lipinski definition) is 2. The summed E-state index contributed by atoms with van der Waals surface area (Å²) in [6.07, 6.45) is 0. The molecule has 0 bridgehead atoms. The van der Waals surface area contributed by atoms with Gasteiger partial charge in [0, 0.05) is 11.1 Å². The van der Waals surface area contributed by atoms with Crippen LogP contribution in [0, 0.1) is 5.82 Å². The van der Waals surface area contributed by atoms with Crippen molar-refractivity contribution in [2.24, 2.45) is 0 Å². The van der Waals surface area contributed by atoms with Gasteiger partial charge in [-0.25, -0.2) is 4.39 Å². The Morgan fingerprint density at radius 2 is 2.18 bits per heavy atom. The molecule has 0 fully saturated rings. The number of anilines is 1. The highest BCUT2D eigenvalue weighted by Gasteiger charge is 2.09. The molecule has 0 spiro atoms. The summed E-state index contributed by atoms with van der Waals surface area (Å²) in [6.45, 7) is 0. The minimum atomic E-state index is -0.559. The Kier molecular flexibility index (Phi) is 3.81. The predicted molar refractivity (Wildman–Crippen MR) is 71.4 cm³/mol. The van der Waals surface area contributed by atoms with E-state index < -0.39 is 5.82 Å². The smallest absolute Gasteiger partial charge is 0.256 e. The van der Waals surface area contributed by atoms with E-state index in [1.807, 2.05) is 0 Å². The first-order valence-electron chi connectivity index (χ1n) is 4.56. The van der Waals surface area contributed by atoms with Crippen LogP contribution in [0.15, 0.2) is 33.4 Å². The summed E-state index contributed by atoms with van der Waals surface area (Å²) in [7, 11) is 0. The SMILES string of the molecule is O=C(Nc1ccc(Cl)c(F)c1)c1csc(Br)c1. The minimum Gasteiger partial charge on any atom is -0.322 e. The molecule has 1 heterocycles. The van der Waals surface area contributed by atoms with Gasteiger partial charge in [-0.05, 0) is 40.2 Å². The topological polar surface area (TPSA) is 29.1 Å². The van der Waals surface area contributed by atoms with Crippen LogP contribution in [0.1, 0.15) is 10.4 Å². The zero-order valence-electron chi connectivity index (χ0n) is 8.34. The molecule has 0 aliphatic heterocycles. The van der Waals surface area contributed by atoms with Gasteiger partial charge in [0.2, 0.25) is 0 Å². The van der Waals surface area contributed by atoms with E-state index in [1.54, 1.807) is 17.5 Å². The molecule has 1 N–H and O–H groups in total. The van der Waals surface area contributed by atoms with Crippen LogP contribution in [0.5, 0.6) is 0 Å². The van der Waals surface area contributed by atoms with E-state index in [9.17, 15) is 9.18 Å². The van der Waals surface area contributed by atoms with Crippen molar-refractivity contribution in [3.63, 3.8) is 0 Å². The molecule has 0 atom stereocenters. The largest absolute Gasteiger partial charge is 0.322 e. The molecule has 88 valence electrons. The number of rotatable bonds is 2. The lowest BCUT2D eigenvalue weighted by Gasteiger charge is -2.04. The average molecular weight is 335 g/mol. The van der Waals surface area contributed by atoms with Crippen molar-refractivity contribution in [3.05, 3.63) is 49.8 Å². The van der Waals surface area contributed by atoms with Crippen molar-refractivity contribution in [1.29, 1.82) is 0 Å². The molecule has 6 heteroatoms. The van der Waals surface area contributed by atoms with E-state index in [1.165, 1.54) is 23.5 Å². The van der Waals surface area contributed by atoms with Gasteiger partial charge in [0.05, 0.1) is 14.4 Å². The monoisotopic (exact) mass is 333 g/mol. The molecule has 0 aliphatic rings. The number of carbonyl (C=O) groups is 1. The van der Waals surface area contributed by atoms with Crippen LogP contribution in [-0.4, -0.2) is 5.91 Å². The van der Waals surface area contributed by atoms with E-state index in [4.69, 9.17) is 11.6 Å². The molecule has 1 aromatic heterocycles. The van der Waals surface area contributed by atoms with Gasteiger partial charge >= 0.3 is 0 Å². The summed E-state index contributed by atoms with van der Waals surface area (Å²) in [4.78, 5) is 11.7. The van der Waals surface area contributed by atoms with Gasteiger partial charge in [-0.2, -0.15) is 0 Å². The van der Waals surface area contributed by atoms with Gasteiger partial charge in [-0.15, -0.1) is 11.3 Å². The van der Waals surface area contributed by atoms with Gasteiger partial charge in [0.25, 0.3) is 5.91 Å². The van der Waals surface area contributed by atoms with Crippen molar-refractivity contribution >= 4 is 50.5 Å². The molecular weight excluding hydrogens is 329 g/mol. The van der Waals surface area contributed by atoms with Gasteiger partial charge in [0.1, 0.15) is 5.82 Å². The Morgan fingerprint density at radius 3 is 2.76 bits per heavy atom. The van der Waals surface area contributed by atoms with Crippen LogP contribution in [0.2, 0.25) is 5.02 Å². The molecule has 0 unspecified atom stereocenters. The molecule has 2 aromatic rings. The van der Waals surface area contributed by atoms with Crippen LogP contribution in [0.4, 0.5) is 10.1 Å². The molecular formula is C11H6BrClFNOS. The highest BCUT2D eigenvalue weighted by atomic mass is 79.9. The molecule has 0 aliphatic carbocycles. The number of nitrogens with one attached hydrogen (secondary N) is 1. The van der Waals surface area contributed by atoms with Crippen molar-refractivity contribution < 1.29 is 9.18 Å². The maximum atomic E-state index is 13.1. The standard InChI is InChI=1S/C11H6BrClFNOS/c12-10-3-6(5-17-10)11(16)15-7-1-2-8(13)9(14)4-7/h1-5H,(H,15,16). The summed E-state index contributed by atoms with van der Waals surface area (Å²) in [5, 5.41) is 4.33. The quantitative estimate of drug-likeness (QED) is 0.857. The third-order valence-electron chi connectivity index (χ3n) is 2.01. The lowest BCUT2D eigenvalue weighted by atomic mass is 10.2. The molecule has 17 heavy (non-hydrogen) atoms. The molecule has 2 nitrogen and oxygen atoms in total.